The topological polar surface area (TPSA) is 57.6 Å². The van der Waals surface area contributed by atoms with Crippen molar-refractivity contribution < 1.29 is 14.7 Å². The number of nitrogens with zero attached hydrogens (tertiary/aromatic N) is 1. The molecule has 1 amide bonds. The third-order valence-electron chi connectivity index (χ3n) is 4.99. The summed E-state index contributed by atoms with van der Waals surface area (Å²) in [6, 6.07) is 22.9. The number of hydrogen-bond donors (Lipinski definition) is 1. The fraction of sp³-hybridized carbons (Fsp3) is 0.0833. The highest BCUT2D eigenvalue weighted by Crippen LogP contribution is 2.42. The number of carbonyl (C=O) groups excluding carboxylic acids is 2. The van der Waals surface area contributed by atoms with Crippen LogP contribution in [0.1, 0.15) is 22.7 Å². The Balaban J connectivity index is 1.94. The minimum Gasteiger partial charge on any atom is -0.507 e. The maximum absolute atomic E-state index is 13.0. The van der Waals surface area contributed by atoms with Crippen LogP contribution in [-0.4, -0.2) is 16.8 Å². The number of halogens is 1. The lowest BCUT2D eigenvalue weighted by Gasteiger charge is -2.25. The van der Waals surface area contributed by atoms with Gasteiger partial charge in [-0.1, -0.05) is 76.1 Å². The summed E-state index contributed by atoms with van der Waals surface area (Å²) in [4.78, 5) is 27.5. The van der Waals surface area contributed by atoms with E-state index in [1.54, 1.807) is 24.3 Å². The molecule has 0 radical (unpaired) electrons. The quantitative estimate of drug-likeness (QED) is 0.332. The fourth-order valence-corrected chi connectivity index (χ4v) is 3.78. The van der Waals surface area contributed by atoms with Crippen molar-refractivity contribution in [2.24, 2.45) is 0 Å². The minimum atomic E-state index is -0.717. The van der Waals surface area contributed by atoms with Gasteiger partial charge in [-0.2, -0.15) is 0 Å². The van der Waals surface area contributed by atoms with Gasteiger partial charge in [-0.25, -0.2) is 0 Å². The molecule has 1 aliphatic rings. The van der Waals surface area contributed by atoms with Gasteiger partial charge in [0.05, 0.1) is 11.6 Å². The number of aliphatic hydroxyl groups excluding tert-OH is 1. The average Bonchev–Trinajstić information content (AvgIpc) is 3.00. The fourth-order valence-electron chi connectivity index (χ4n) is 3.52. The summed E-state index contributed by atoms with van der Waals surface area (Å²) in [5.74, 6) is -1.52. The van der Waals surface area contributed by atoms with Crippen molar-refractivity contribution in [2.45, 2.75) is 13.0 Å². The van der Waals surface area contributed by atoms with Gasteiger partial charge in [-0.3, -0.25) is 14.5 Å². The largest absolute Gasteiger partial charge is 0.507 e. The molecule has 4 rings (SSSR count). The number of amides is 1. The summed E-state index contributed by atoms with van der Waals surface area (Å²) in [5, 5.41) is 11.0. The molecule has 0 aliphatic carbocycles. The third kappa shape index (κ3) is 3.49. The van der Waals surface area contributed by atoms with Crippen molar-refractivity contribution in [1.82, 2.24) is 0 Å². The second-order valence-electron chi connectivity index (χ2n) is 6.92. The Labute approximate surface area is 177 Å². The average molecular weight is 448 g/mol. The summed E-state index contributed by atoms with van der Waals surface area (Å²) >= 11 is 3.42. The second kappa shape index (κ2) is 7.68. The molecule has 144 valence electrons. The SMILES string of the molecule is Cc1ccc(N2C(=O)C(=O)C(=C(O)c3ccccc3)[C@H]2c2ccc(Br)cc2)cc1. The van der Waals surface area contributed by atoms with Crippen LogP contribution in [0.2, 0.25) is 0 Å². The molecular formula is C24H18BrNO3. The number of anilines is 1. The van der Waals surface area contributed by atoms with E-state index in [2.05, 4.69) is 15.9 Å². The zero-order valence-electron chi connectivity index (χ0n) is 15.7. The van der Waals surface area contributed by atoms with Crippen LogP contribution in [0.4, 0.5) is 5.69 Å². The highest BCUT2D eigenvalue weighted by molar-refractivity contribution is 9.10. The van der Waals surface area contributed by atoms with Gasteiger partial charge in [-0.15, -0.1) is 0 Å². The first-order valence-corrected chi connectivity index (χ1v) is 9.95. The Morgan fingerprint density at radius 2 is 1.52 bits per heavy atom. The van der Waals surface area contributed by atoms with E-state index in [1.807, 2.05) is 61.5 Å². The van der Waals surface area contributed by atoms with Crippen LogP contribution in [0.25, 0.3) is 5.76 Å². The molecule has 4 nitrogen and oxygen atoms in total. The van der Waals surface area contributed by atoms with Gasteiger partial charge in [0, 0.05) is 15.7 Å². The zero-order chi connectivity index (χ0) is 20.5. The van der Waals surface area contributed by atoms with Crippen LogP contribution in [-0.2, 0) is 9.59 Å². The minimum absolute atomic E-state index is 0.0871. The van der Waals surface area contributed by atoms with E-state index in [-0.39, 0.29) is 11.3 Å². The first-order valence-electron chi connectivity index (χ1n) is 9.16. The number of rotatable bonds is 3. The summed E-state index contributed by atoms with van der Waals surface area (Å²) in [6.45, 7) is 1.96. The number of aryl methyl sites for hydroxylation is 1. The number of Topliss-reactive ketones (excluding diaryl/α,β-unsaturated/α-hetero) is 1. The lowest BCUT2D eigenvalue weighted by molar-refractivity contribution is -0.132. The van der Waals surface area contributed by atoms with E-state index in [9.17, 15) is 14.7 Å². The van der Waals surface area contributed by atoms with Crippen molar-refractivity contribution in [1.29, 1.82) is 0 Å². The number of hydrogen-bond acceptors (Lipinski definition) is 3. The monoisotopic (exact) mass is 447 g/mol. The van der Waals surface area contributed by atoms with E-state index in [1.165, 1.54) is 4.90 Å². The Morgan fingerprint density at radius 1 is 0.897 bits per heavy atom. The summed E-state index contributed by atoms with van der Waals surface area (Å²) < 4.78 is 0.886. The van der Waals surface area contributed by atoms with Crippen LogP contribution < -0.4 is 4.90 Å². The molecule has 0 unspecified atom stereocenters. The normalized spacial score (nSPS) is 18.3. The van der Waals surface area contributed by atoms with Gasteiger partial charge < -0.3 is 5.11 Å². The van der Waals surface area contributed by atoms with E-state index >= 15 is 0 Å². The Bertz CT molecular complexity index is 1100. The molecule has 0 aromatic heterocycles. The number of carbonyl (C=O) groups is 2. The third-order valence-corrected chi connectivity index (χ3v) is 5.52. The Hall–Kier alpha value is -3.18. The van der Waals surface area contributed by atoms with Crippen LogP contribution in [0.15, 0.2) is 88.9 Å². The Kier molecular flexibility index (Phi) is 5.07. The molecule has 0 bridgehead atoms. The summed E-state index contributed by atoms with van der Waals surface area (Å²) in [6.07, 6.45) is 0. The molecule has 1 heterocycles. The highest BCUT2D eigenvalue weighted by atomic mass is 79.9. The molecule has 5 heteroatoms. The lowest BCUT2D eigenvalue weighted by atomic mass is 9.95. The van der Waals surface area contributed by atoms with Crippen LogP contribution in [0.3, 0.4) is 0 Å². The number of benzene rings is 3. The molecule has 1 aliphatic heterocycles. The smallest absolute Gasteiger partial charge is 0.300 e. The summed E-state index contributed by atoms with van der Waals surface area (Å²) in [7, 11) is 0. The number of aliphatic hydroxyl groups is 1. The molecule has 29 heavy (non-hydrogen) atoms. The molecule has 0 spiro atoms. The van der Waals surface area contributed by atoms with Crippen molar-refractivity contribution in [3.05, 3.63) is 106 Å². The maximum atomic E-state index is 13.0. The predicted octanol–water partition coefficient (Wildman–Crippen LogP) is 5.38. The van der Waals surface area contributed by atoms with Gasteiger partial charge >= 0.3 is 0 Å². The molecule has 1 saturated heterocycles. The summed E-state index contributed by atoms with van der Waals surface area (Å²) in [5.41, 5.74) is 2.98. The van der Waals surface area contributed by atoms with Crippen molar-refractivity contribution in [2.75, 3.05) is 4.90 Å². The maximum Gasteiger partial charge on any atom is 0.300 e. The first kappa shape index (κ1) is 19.2. The molecule has 0 saturated carbocycles. The van der Waals surface area contributed by atoms with Crippen molar-refractivity contribution in [3.63, 3.8) is 0 Å². The predicted molar refractivity (Wildman–Crippen MR) is 117 cm³/mol. The standard InChI is InChI=1S/C24H18BrNO3/c1-15-7-13-19(14-8-15)26-21(16-9-11-18(25)12-10-16)20(23(28)24(26)29)22(27)17-5-3-2-4-6-17/h2-14,21,27H,1H3/t21-/m1/s1. The van der Waals surface area contributed by atoms with E-state index in [0.29, 0.717) is 11.3 Å². The Morgan fingerprint density at radius 3 is 2.14 bits per heavy atom. The van der Waals surface area contributed by atoms with Gasteiger partial charge in [-0.05, 0) is 36.8 Å². The second-order valence-corrected chi connectivity index (χ2v) is 7.84. The molecule has 3 aromatic rings. The molecular weight excluding hydrogens is 430 g/mol. The van der Waals surface area contributed by atoms with Crippen LogP contribution in [0, 0.1) is 6.92 Å². The van der Waals surface area contributed by atoms with Crippen molar-refractivity contribution in [3.8, 4) is 0 Å². The molecule has 1 N–H and O–H groups in total. The first-order chi connectivity index (χ1) is 14.0. The van der Waals surface area contributed by atoms with E-state index in [4.69, 9.17) is 0 Å². The van der Waals surface area contributed by atoms with Gasteiger partial charge in [0.1, 0.15) is 5.76 Å². The van der Waals surface area contributed by atoms with E-state index in [0.717, 1.165) is 15.6 Å². The van der Waals surface area contributed by atoms with Gasteiger partial charge in [0.25, 0.3) is 11.7 Å². The van der Waals surface area contributed by atoms with Crippen molar-refractivity contribution >= 4 is 39.1 Å². The molecule has 1 fully saturated rings. The molecule has 3 aromatic carbocycles. The lowest BCUT2D eigenvalue weighted by Crippen LogP contribution is -2.29. The van der Waals surface area contributed by atoms with E-state index < -0.39 is 17.7 Å². The zero-order valence-corrected chi connectivity index (χ0v) is 17.3. The molecule has 1 atom stereocenters. The van der Waals surface area contributed by atoms with Gasteiger partial charge in [0.2, 0.25) is 0 Å². The van der Waals surface area contributed by atoms with Crippen LogP contribution >= 0.6 is 15.9 Å². The van der Waals surface area contributed by atoms with Gasteiger partial charge in [0.15, 0.2) is 0 Å². The van der Waals surface area contributed by atoms with Crippen LogP contribution in [0.5, 0.6) is 0 Å². The number of ketones is 1. The highest BCUT2D eigenvalue weighted by Gasteiger charge is 2.46.